The number of hydrogen-bond acceptors (Lipinski definition) is 3. The number of amides is 2. The summed E-state index contributed by atoms with van der Waals surface area (Å²) in [6.07, 6.45) is 3.94. The van der Waals surface area contributed by atoms with Crippen molar-refractivity contribution < 1.29 is 9.59 Å². The first-order valence-corrected chi connectivity index (χ1v) is 7.32. The molecule has 1 atom stereocenters. The molecule has 5 nitrogen and oxygen atoms in total. The van der Waals surface area contributed by atoms with Gasteiger partial charge in [0.1, 0.15) is 0 Å². The monoisotopic (exact) mass is 267 g/mol. The molecule has 1 aliphatic heterocycles. The van der Waals surface area contributed by atoms with Crippen LogP contribution in [0.4, 0.5) is 0 Å². The summed E-state index contributed by atoms with van der Waals surface area (Å²) in [5.41, 5.74) is 0. The van der Waals surface area contributed by atoms with E-state index in [2.05, 4.69) is 5.32 Å². The van der Waals surface area contributed by atoms with Crippen LogP contribution in [0.2, 0.25) is 0 Å². The Balaban J connectivity index is 1.85. The number of nitrogens with one attached hydrogen (secondary N) is 1. The normalized spacial score (nSPS) is 23.3. The van der Waals surface area contributed by atoms with Gasteiger partial charge in [-0.2, -0.15) is 0 Å². The van der Waals surface area contributed by atoms with Gasteiger partial charge in [-0.1, -0.05) is 0 Å². The van der Waals surface area contributed by atoms with Crippen molar-refractivity contribution in [2.45, 2.75) is 25.7 Å². The Bertz CT molecular complexity index is 342. The van der Waals surface area contributed by atoms with Crippen molar-refractivity contribution in [1.29, 1.82) is 0 Å². The van der Waals surface area contributed by atoms with E-state index in [1.165, 1.54) is 0 Å². The fraction of sp³-hybridized carbons (Fsp3) is 0.857. The summed E-state index contributed by atoms with van der Waals surface area (Å²) in [5.74, 6) is 0.716. The Morgan fingerprint density at radius 3 is 2.63 bits per heavy atom. The molecule has 0 aromatic carbocycles. The van der Waals surface area contributed by atoms with Crippen LogP contribution in [-0.4, -0.2) is 61.9 Å². The van der Waals surface area contributed by atoms with Gasteiger partial charge >= 0.3 is 0 Å². The average Bonchev–Trinajstić information content (AvgIpc) is 3.27. The largest absolute Gasteiger partial charge is 0.344 e. The maximum absolute atomic E-state index is 12.3. The predicted octanol–water partition coefficient (Wildman–Crippen LogP) is 0.313. The van der Waals surface area contributed by atoms with Gasteiger partial charge in [0.05, 0.1) is 5.92 Å². The van der Waals surface area contributed by atoms with E-state index < -0.39 is 0 Å². The first-order valence-electron chi connectivity index (χ1n) is 7.32. The van der Waals surface area contributed by atoms with Gasteiger partial charge in [0, 0.05) is 39.1 Å². The lowest BCUT2D eigenvalue weighted by atomic mass is 9.96. The minimum atomic E-state index is -0.00157. The van der Waals surface area contributed by atoms with Crippen LogP contribution in [0.25, 0.3) is 0 Å². The predicted molar refractivity (Wildman–Crippen MR) is 73.6 cm³/mol. The SMILES string of the molecule is CNCCN(C)C(=O)C1CCCN(C(=O)C2CC2)C1. The highest BCUT2D eigenvalue weighted by Gasteiger charge is 2.37. The number of nitrogens with zero attached hydrogens (tertiary/aromatic N) is 2. The summed E-state index contributed by atoms with van der Waals surface area (Å²) >= 11 is 0. The van der Waals surface area contributed by atoms with Crippen LogP contribution in [0.15, 0.2) is 0 Å². The molecular formula is C14H25N3O2. The van der Waals surface area contributed by atoms with Gasteiger partial charge in [-0.3, -0.25) is 9.59 Å². The van der Waals surface area contributed by atoms with Gasteiger partial charge in [-0.25, -0.2) is 0 Å². The molecule has 1 unspecified atom stereocenters. The van der Waals surface area contributed by atoms with E-state index in [-0.39, 0.29) is 23.7 Å². The first-order chi connectivity index (χ1) is 9.13. The number of carbonyl (C=O) groups is 2. The minimum Gasteiger partial charge on any atom is -0.344 e. The Labute approximate surface area is 115 Å². The van der Waals surface area contributed by atoms with Crippen LogP contribution in [-0.2, 0) is 9.59 Å². The van der Waals surface area contributed by atoms with E-state index in [9.17, 15) is 9.59 Å². The van der Waals surface area contributed by atoms with Crippen LogP contribution < -0.4 is 5.32 Å². The number of piperidine rings is 1. The molecule has 2 amide bonds. The van der Waals surface area contributed by atoms with E-state index in [1.807, 2.05) is 19.0 Å². The Morgan fingerprint density at radius 1 is 1.26 bits per heavy atom. The zero-order valence-electron chi connectivity index (χ0n) is 12.0. The third-order valence-electron chi connectivity index (χ3n) is 4.08. The van der Waals surface area contributed by atoms with E-state index in [0.717, 1.165) is 45.3 Å². The number of carbonyl (C=O) groups excluding carboxylic acids is 2. The van der Waals surface area contributed by atoms with E-state index in [0.29, 0.717) is 6.54 Å². The molecule has 0 aromatic heterocycles. The highest BCUT2D eigenvalue weighted by atomic mass is 16.2. The minimum absolute atomic E-state index is 0.00157. The topological polar surface area (TPSA) is 52.7 Å². The van der Waals surface area contributed by atoms with Crippen molar-refractivity contribution in [3.05, 3.63) is 0 Å². The molecule has 0 spiro atoms. The zero-order chi connectivity index (χ0) is 13.8. The number of rotatable bonds is 5. The third-order valence-corrected chi connectivity index (χ3v) is 4.08. The highest BCUT2D eigenvalue weighted by Crippen LogP contribution is 2.32. The van der Waals surface area contributed by atoms with E-state index >= 15 is 0 Å². The summed E-state index contributed by atoms with van der Waals surface area (Å²) in [5, 5.41) is 3.05. The molecule has 108 valence electrons. The number of hydrogen-bond donors (Lipinski definition) is 1. The van der Waals surface area contributed by atoms with Crippen molar-refractivity contribution in [2.24, 2.45) is 11.8 Å². The molecule has 2 fully saturated rings. The molecular weight excluding hydrogens is 242 g/mol. The van der Waals surface area contributed by atoms with Gasteiger partial charge < -0.3 is 15.1 Å². The maximum atomic E-state index is 12.3. The summed E-state index contributed by atoms with van der Waals surface area (Å²) < 4.78 is 0. The van der Waals surface area contributed by atoms with E-state index in [1.54, 1.807) is 4.90 Å². The molecule has 5 heteroatoms. The fourth-order valence-electron chi connectivity index (χ4n) is 2.67. The second kappa shape index (κ2) is 6.37. The molecule has 1 aliphatic carbocycles. The first kappa shape index (κ1) is 14.3. The molecule has 2 aliphatic rings. The second-order valence-corrected chi connectivity index (χ2v) is 5.76. The average molecular weight is 267 g/mol. The van der Waals surface area contributed by atoms with Gasteiger partial charge in [0.15, 0.2) is 0 Å². The summed E-state index contributed by atoms with van der Waals surface area (Å²) in [6.45, 7) is 2.99. The van der Waals surface area contributed by atoms with Gasteiger partial charge in [-0.15, -0.1) is 0 Å². The molecule has 19 heavy (non-hydrogen) atoms. The lowest BCUT2D eigenvalue weighted by Crippen LogP contribution is -2.47. The molecule has 0 radical (unpaired) electrons. The quantitative estimate of drug-likeness (QED) is 0.780. The van der Waals surface area contributed by atoms with E-state index in [4.69, 9.17) is 0 Å². The molecule has 0 aromatic rings. The van der Waals surface area contributed by atoms with Crippen LogP contribution >= 0.6 is 0 Å². The molecule has 2 rings (SSSR count). The van der Waals surface area contributed by atoms with Crippen molar-refractivity contribution >= 4 is 11.8 Å². The smallest absolute Gasteiger partial charge is 0.227 e. The van der Waals surface area contributed by atoms with Gasteiger partial charge in [0.2, 0.25) is 11.8 Å². The van der Waals surface area contributed by atoms with Crippen molar-refractivity contribution in [3.8, 4) is 0 Å². The summed E-state index contributed by atoms with van der Waals surface area (Å²) in [6, 6.07) is 0. The van der Waals surface area contributed by atoms with Crippen LogP contribution in [0.1, 0.15) is 25.7 Å². The fourth-order valence-corrected chi connectivity index (χ4v) is 2.67. The lowest BCUT2D eigenvalue weighted by molar-refractivity contribution is -0.140. The van der Waals surface area contributed by atoms with Crippen LogP contribution in [0.5, 0.6) is 0 Å². The van der Waals surface area contributed by atoms with Crippen LogP contribution in [0.3, 0.4) is 0 Å². The Hall–Kier alpha value is -1.10. The lowest BCUT2D eigenvalue weighted by Gasteiger charge is -2.34. The third kappa shape index (κ3) is 3.69. The zero-order valence-corrected chi connectivity index (χ0v) is 12.0. The van der Waals surface area contributed by atoms with Gasteiger partial charge in [0.25, 0.3) is 0 Å². The van der Waals surface area contributed by atoms with Crippen LogP contribution in [0, 0.1) is 11.8 Å². The molecule has 1 saturated heterocycles. The maximum Gasteiger partial charge on any atom is 0.227 e. The van der Waals surface area contributed by atoms with Crippen molar-refractivity contribution in [3.63, 3.8) is 0 Å². The summed E-state index contributed by atoms with van der Waals surface area (Å²) in [7, 11) is 3.73. The van der Waals surface area contributed by atoms with Gasteiger partial charge in [-0.05, 0) is 32.7 Å². The molecule has 1 N–H and O–H groups in total. The molecule has 1 saturated carbocycles. The Kier molecular flexibility index (Phi) is 4.80. The summed E-state index contributed by atoms with van der Waals surface area (Å²) in [4.78, 5) is 28.1. The second-order valence-electron chi connectivity index (χ2n) is 5.76. The standard InChI is InChI=1S/C14H25N3O2/c1-15-7-9-16(2)13(18)12-4-3-8-17(10-12)14(19)11-5-6-11/h11-12,15H,3-10H2,1-2H3. The molecule has 0 bridgehead atoms. The van der Waals surface area contributed by atoms with Crippen molar-refractivity contribution in [2.75, 3.05) is 40.3 Å². The van der Waals surface area contributed by atoms with Crippen molar-refractivity contribution in [1.82, 2.24) is 15.1 Å². The number of likely N-dealkylation sites (tertiary alicyclic amines) is 1. The Morgan fingerprint density at radius 2 is 2.00 bits per heavy atom. The highest BCUT2D eigenvalue weighted by molar-refractivity contribution is 5.83. The number of likely N-dealkylation sites (N-methyl/N-ethyl adjacent to an activating group) is 2. The molecule has 1 heterocycles.